The van der Waals surface area contributed by atoms with E-state index in [0.29, 0.717) is 17.1 Å². The van der Waals surface area contributed by atoms with Crippen LogP contribution < -0.4 is 5.32 Å². The van der Waals surface area contributed by atoms with Crippen LogP contribution in [-0.2, 0) is 6.54 Å². The molecule has 3 nitrogen and oxygen atoms in total. The zero-order chi connectivity index (χ0) is 13.9. The number of fused-ring (bicyclic) bond motifs is 1. The van der Waals surface area contributed by atoms with Crippen molar-refractivity contribution in [1.29, 1.82) is 0 Å². The van der Waals surface area contributed by atoms with Crippen LogP contribution in [0.5, 0.6) is 0 Å². The molecule has 4 heteroatoms. The standard InChI is InChI=1S/C16H12ClNO2/c17-15-8-2-5-12-13(15)6-1-7-14(12)16(19)18-10-11-4-3-9-20-11/h1-9H,10H2,(H,18,19). The maximum absolute atomic E-state index is 12.3. The first-order chi connectivity index (χ1) is 9.75. The molecule has 0 spiro atoms. The highest BCUT2D eigenvalue weighted by Crippen LogP contribution is 2.25. The topological polar surface area (TPSA) is 42.2 Å². The Labute approximate surface area is 121 Å². The highest BCUT2D eigenvalue weighted by Gasteiger charge is 2.11. The zero-order valence-electron chi connectivity index (χ0n) is 10.6. The van der Waals surface area contributed by atoms with Crippen LogP contribution in [0.3, 0.4) is 0 Å². The highest BCUT2D eigenvalue weighted by atomic mass is 35.5. The maximum atomic E-state index is 12.3. The lowest BCUT2D eigenvalue weighted by atomic mass is 10.0. The summed E-state index contributed by atoms with van der Waals surface area (Å²) in [5.41, 5.74) is 0.608. The summed E-state index contributed by atoms with van der Waals surface area (Å²) in [5, 5.41) is 5.20. The summed E-state index contributed by atoms with van der Waals surface area (Å²) in [5.74, 6) is 0.575. The lowest BCUT2D eigenvalue weighted by Gasteiger charge is -2.08. The predicted molar refractivity (Wildman–Crippen MR) is 78.8 cm³/mol. The van der Waals surface area contributed by atoms with Crippen LogP contribution in [0.4, 0.5) is 0 Å². The van der Waals surface area contributed by atoms with Crippen molar-refractivity contribution < 1.29 is 9.21 Å². The molecule has 20 heavy (non-hydrogen) atoms. The lowest BCUT2D eigenvalue weighted by molar-refractivity contribution is 0.0949. The number of benzene rings is 2. The van der Waals surface area contributed by atoms with Gasteiger partial charge in [-0.2, -0.15) is 0 Å². The van der Waals surface area contributed by atoms with Gasteiger partial charge in [0.05, 0.1) is 12.8 Å². The van der Waals surface area contributed by atoms with Crippen LogP contribution in [0.2, 0.25) is 5.02 Å². The van der Waals surface area contributed by atoms with Crippen molar-refractivity contribution in [3.05, 3.63) is 71.1 Å². The van der Waals surface area contributed by atoms with E-state index in [0.717, 1.165) is 16.5 Å². The Morgan fingerprint density at radius 3 is 2.65 bits per heavy atom. The van der Waals surface area contributed by atoms with Gasteiger partial charge in [0.25, 0.3) is 5.91 Å². The third kappa shape index (κ3) is 2.40. The van der Waals surface area contributed by atoms with Crippen molar-refractivity contribution in [2.45, 2.75) is 6.54 Å². The number of amides is 1. The first-order valence-electron chi connectivity index (χ1n) is 6.23. The van der Waals surface area contributed by atoms with E-state index in [1.54, 1.807) is 18.4 Å². The Morgan fingerprint density at radius 1 is 1.05 bits per heavy atom. The van der Waals surface area contributed by atoms with Gasteiger partial charge >= 0.3 is 0 Å². The normalized spacial score (nSPS) is 10.7. The van der Waals surface area contributed by atoms with E-state index in [4.69, 9.17) is 16.0 Å². The minimum Gasteiger partial charge on any atom is -0.467 e. The Balaban J connectivity index is 1.90. The van der Waals surface area contributed by atoms with E-state index in [1.807, 2.05) is 36.4 Å². The quantitative estimate of drug-likeness (QED) is 0.790. The smallest absolute Gasteiger partial charge is 0.252 e. The Hall–Kier alpha value is -2.26. The number of carbonyl (C=O) groups is 1. The highest BCUT2D eigenvalue weighted by molar-refractivity contribution is 6.36. The van der Waals surface area contributed by atoms with Gasteiger partial charge in [-0.1, -0.05) is 35.9 Å². The molecular formula is C16H12ClNO2. The molecule has 0 unspecified atom stereocenters. The van der Waals surface area contributed by atoms with Crippen LogP contribution in [0.1, 0.15) is 16.1 Å². The van der Waals surface area contributed by atoms with Crippen LogP contribution in [0.15, 0.2) is 59.2 Å². The van der Waals surface area contributed by atoms with Crippen molar-refractivity contribution in [2.24, 2.45) is 0 Å². The third-order valence-corrected chi connectivity index (χ3v) is 3.45. The van der Waals surface area contributed by atoms with Crippen LogP contribution in [0, 0.1) is 0 Å². The molecule has 0 aliphatic heterocycles. The van der Waals surface area contributed by atoms with E-state index >= 15 is 0 Å². The van der Waals surface area contributed by atoms with Gasteiger partial charge in [0.2, 0.25) is 0 Å². The summed E-state index contributed by atoms with van der Waals surface area (Å²) >= 11 is 6.15. The van der Waals surface area contributed by atoms with Crippen LogP contribution in [0.25, 0.3) is 10.8 Å². The van der Waals surface area contributed by atoms with Gasteiger partial charge in [-0.3, -0.25) is 4.79 Å². The molecule has 1 amide bonds. The van der Waals surface area contributed by atoms with Crippen LogP contribution in [-0.4, -0.2) is 5.91 Å². The summed E-state index contributed by atoms with van der Waals surface area (Å²) in [7, 11) is 0. The molecule has 0 aliphatic rings. The maximum Gasteiger partial charge on any atom is 0.252 e. The average molecular weight is 286 g/mol. The monoisotopic (exact) mass is 285 g/mol. The Morgan fingerprint density at radius 2 is 1.85 bits per heavy atom. The summed E-state index contributed by atoms with van der Waals surface area (Å²) in [6.07, 6.45) is 1.58. The number of halogens is 1. The fourth-order valence-corrected chi connectivity index (χ4v) is 2.38. The number of rotatable bonds is 3. The second-order valence-corrected chi connectivity index (χ2v) is 4.81. The molecule has 0 bridgehead atoms. The summed E-state index contributed by atoms with van der Waals surface area (Å²) in [6.45, 7) is 0.364. The number of nitrogens with one attached hydrogen (secondary N) is 1. The molecule has 0 aliphatic carbocycles. The van der Waals surface area contributed by atoms with Crippen molar-refractivity contribution in [3.63, 3.8) is 0 Å². The second-order valence-electron chi connectivity index (χ2n) is 4.40. The molecule has 0 atom stereocenters. The Bertz CT molecular complexity index is 750. The molecule has 3 aromatic rings. The number of furan rings is 1. The van der Waals surface area contributed by atoms with Crippen molar-refractivity contribution in [3.8, 4) is 0 Å². The molecule has 100 valence electrons. The third-order valence-electron chi connectivity index (χ3n) is 3.12. The van der Waals surface area contributed by atoms with Crippen LogP contribution >= 0.6 is 11.6 Å². The predicted octanol–water partition coefficient (Wildman–Crippen LogP) is 4.02. The molecule has 0 saturated heterocycles. The Kier molecular flexibility index (Phi) is 3.44. The summed E-state index contributed by atoms with van der Waals surface area (Å²) in [4.78, 5) is 12.3. The minimum absolute atomic E-state index is 0.144. The minimum atomic E-state index is -0.144. The average Bonchev–Trinajstić information content (AvgIpc) is 2.98. The summed E-state index contributed by atoms with van der Waals surface area (Å²) < 4.78 is 5.19. The first-order valence-corrected chi connectivity index (χ1v) is 6.61. The molecule has 0 fully saturated rings. The van der Waals surface area contributed by atoms with Gasteiger partial charge in [-0.25, -0.2) is 0 Å². The van der Waals surface area contributed by atoms with E-state index in [2.05, 4.69) is 5.32 Å². The number of hydrogen-bond donors (Lipinski definition) is 1. The van der Waals surface area contributed by atoms with Gasteiger partial charge in [-0.05, 0) is 29.7 Å². The molecule has 1 N–H and O–H groups in total. The van der Waals surface area contributed by atoms with E-state index < -0.39 is 0 Å². The molecular weight excluding hydrogens is 274 g/mol. The van der Waals surface area contributed by atoms with E-state index in [9.17, 15) is 4.79 Å². The molecule has 2 aromatic carbocycles. The number of carbonyl (C=O) groups excluding carboxylic acids is 1. The fourth-order valence-electron chi connectivity index (χ4n) is 2.15. The largest absolute Gasteiger partial charge is 0.467 e. The summed E-state index contributed by atoms with van der Waals surface area (Å²) in [6, 6.07) is 14.7. The van der Waals surface area contributed by atoms with E-state index in [1.165, 1.54) is 0 Å². The van der Waals surface area contributed by atoms with Crippen molar-refractivity contribution in [2.75, 3.05) is 0 Å². The molecule has 1 aromatic heterocycles. The van der Waals surface area contributed by atoms with Gasteiger partial charge < -0.3 is 9.73 Å². The van der Waals surface area contributed by atoms with Gasteiger partial charge in [0.1, 0.15) is 5.76 Å². The van der Waals surface area contributed by atoms with Crippen molar-refractivity contribution >= 4 is 28.3 Å². The van der Waals surface area contributed by atoms with Gasteiger partial charge in [0, 0.05) is 16.0 Å². The number of hydrogen-bond acceptors (Lipinski definition) is 2. The first kappa shape index (κ1) is 12.8. The van der Waals surface area contributed by atoms with Gasteiger partial charge in [-0.15, -0.1) is 0 Å². The zero-order valence-corrected chi connectivity index (χ0v) is 11.4. The second kappa shape index (κ2) is 5.39. The molecule has 0 radical (unpaired) electrons. The molecule has 3 rings (SSSR count). The lowest BCUT2D eigenvalue weighted by Crippen LogP contribution is -2.22. The molecule has 1 heterocycles. The van der Waals surface area contributed by atoms with Crippen molar-refractivity contribution in [1.82, 2.24) is 5.32 Å². The fraction of sp³-hybridized carbons (Fsp3) is 0.0625. The van der Waals surface area contributed by atoms with E-state index in [-0.39, 0.29) is 5.91 Å². The van der Waals surface area contributed by atoms with Gasteiger partial charge in [0.15, 0.2) is 0 Å². The SMILES string of the molecule is O=C(NCc1ccco1)c1cccc2c(Cl)cccc12. The molecule has 0 saturated carbocycles.